The van der Waals surface area contributed by atoms with E-state index in [0.29, 0.717) is 0 Å². The van der Waals surface area contributed by atoms with Crippen LogP contribution in [0.3, 0.4) is 0 Å². The largest absolute Gasteiger partial charge is 0.371 e. The van der Waals surface area contributed by atoms with Gasteiger partial charge >= 0.3 is 0 Å². The van der Waals surface area contributed by atoms with Crippen molar-refractivity contribution in [3.63, 3.8) is 0 Å². The molecule has 88 valence electrons. The predicted molar refractivity (Wildman–Crippen MR) is 67.0 cm³/mol. The van der Waals surface area contributed by atoms with Gasteiger partial charge in [0, 0.05) is 13.1 Å². The summed E-state index contributed by atoms with van der Waals surface area (Å²) in [5, 5.41) is 3.39. The van der Waals surface area contributed by atoms with E-state index in [1.807, 2.05) is 0 Å². The lowest BCUT2D eigenvalue weighted by Gasteiger charge is -2.27. The number of hydrogen-bond donors (Lipinski definition) is 1. The summed E-state index contributed by atoms with van der Waals surface area (Å²) in [7, 11) is 0. The molecule has 2 nitrogen and oxygen atoms in total. The zero-order valence-corrected chi connectivity index (χ0v) is 10.7. The number of hydrogen-bond acceptors (Lipinski definition) is 2. The van der Waals surface area contributed by atoms with Crippen LogP contribution in [-0.2, 0) is 4.74 Å². The summed E-state index contributed by atoms with van der Waals surface area (Å²) in [4.78, 5) is 0. The van der Waals surface area contributed by atoms with E-state index < -0.39 is 0 Å². The Kier molecular flexibility index (Phi) is 3.31. The highest BCUT2D eigenvalue weighted by atomic mass is 16.5. The van der Waals surface area contributed by atoms with Gasteiger partial charge in [-0.25, -0.2) is 0 Å². The van der Waals surface area contributed by atoms with E-state index in [1.54, 1.807) is 0 Å². The number of ether oxygens (including phenoxy) is 1. The van der Waals surface area contributed by atoms with Crippen LogP contribution in [-0.4, -0.2) is 19.7 Å². The molecule has 1 aliphatic rings. The molecular weight excluding hydrogens is 198 g/mol. The number of aryl methyl sites for hydroxylation is 1. The van der Waals surface area contributed by atoms with Gasteiger partial charge in [-0.05, 0) is 55.5 Å². The molecule has 0 bridgehead atoms. The van der Waals surface area contributed by atoms with Crippen LogP contribution in [0.2, 0.25) is 0 Å². The lowest BCUT2D eigenvalue weighted by Crippen LogP contribution is -2.33. The van der Waals surface area contributed by atoms with E-state index in [4.69, 9.17) is 4.74 Å². The van der Waals surface area contributed by atoms with Gasteiger partial charge < -0.3 is 10.1 Å². The number of benzene rings is 1. The fourth-order valence-electron chi connectivity index (χ4n) is 2.34. The van der Waals surface area contributed by atoms with Crippen LogP contribution in [0.1, 0.15) is 33.9 Å². The van der Waals surface area contributed by atoms with Gasteiger partial charge in [0.25, 0.3) is 0 Å². The summed E-state index contributed by atoms with van der Waals surface area (Å²) < 4.78 is 5.83. The maximum Gasteiger partial charge on any atom is 0.0952 e. The summed E-state index contributed by atoms with van der Waals surface area (Å²) in [6.07, 6.45) is 0.228. The third-order valence-electron chi connectivity index (χ3n) is 3.80. The predicted octanol–water partition coefficient (Wildman–Crippen LogP) is 2.58. The lowest BCUT2D eigenvalue weighted by atomic mass is 9.91. The Morgan fingerprint density at radius 2 is 1.88 bits per heavy atom. The molecule has 1 aliphatic heterocycles. The summed E-state index contributed by atoms with van der Waals surface area (Å²) >= 11 is 0. The minimum atomic E-state index is 0.228. The van der Waals surface area contributed by atoms with Gasteiger partial charge in [0.2, 0.25) is 0 Å². The maximum absolute atomic E-state index is 5.83. The Balaban J connectivity index is 2.40. The fraction of sp³-hybridized carbons (Fsp3) is 0.571. The number of nitrogens with one attached hydrogen (secondary N) is 1. The second-order valence-electron chi connectivity index (χ2n) is 4.72. The molecule has 1 heterocycles. The van der Waals surface area contributed by atoms with Gasteiger partial charge in [-0.1, -0.05) is 6.07 Å². The first-order valence-corrected chi connectivity index (χ1v) is 6.01. The van der Waals surface area contributed by atoms with E-state index in [1.165, 1.54) is 27.8 Å². The minimum Gasteiger partial charge on any atom is -0.371 e. The molecule has 1 atom stereocenters. The summed E-state index contributed by atoms with van der Waals surface area (Å²) in [5.41, 5.74) is 6.92. The van der Waals surface area contributed by atoms with Crippen LogP contribution in [0.15, 0.2) is 6.07 Å². The standard InChI is InChI=1S/C14H21NO/c1-9-7-13(12(4)11(3)10(9)2)14-8-15-5-6-16-14/h7,14-15H,5-6,8H2,1-4H3. The molecule has 0 aromatic heterocycles. The second kappa shape index (κ2) is 4.56. The van der Waals surface area contributed by atoms with Crippen LogP contribution in [0.4, 0.5) is 0 Å². The highest BCUT2D eigenvalue weighted by molar-refractivity contribution is 5.44. The summed E-state index contributed by atoms with van der Waals surface area (Å²) in [6.45, 7) is 11.5. The molecule has 1 unspecified atom stereocenters. The first kappa shape index (κ1) is 11.6. The molecule has 1 saturated heterocycles. The molecule has 1 N–H and O–H groups in total. The quantitative estimate of drug-likeness (QED) is 0.784. The Bertz CT molecular complexity index is 392. The van der Waals surface area contributed by atoms with Crippen molar-refractivity contribution in [2.45, 2.75) is 33.8 Å². The number of morpholine rings is 1. The van der Waals surface area contributed by atoms with E-state index >= 15 is 0 Å². The second-order valence-corrected chi connectivity index (χ2v) is 4.72. The van der Waals surface area contributed by atoms with Crippen molar-refractivity contribution in [1.29, 1.82) is 0 Å². The third-order valence-corrected chi connectivity index (χ3v) is 3.80. The summed E-state index contributed by atoms with van der Waals surface area (Å²) in [5.74, 6) is 0. The average molecular weight is 219 g/mol. The molecular formula is C14H21NO. The van der Waals surface area contributed by atoms with E-state index in [-0.39, 0.29) is 6.10 Å². The molecule has 1 aromatic carbocycles. The first-order chi connectivity index (χ1) is 7.61. The molecule has 2 rings (SSSR count). The fourth-order valence-corrected chi connectivity index (χ4v) is 2.34. The number of rotatable bonds is 1. The topological polar surface area (TPSA) is 21.3 Å². The van der Waals surface area contributed by atoms with Gasteiger partial charge in [0.1, 0.15) is 0 Å². The van der Waals surface area contributed by atoms with Crippen molar-refractivity contribution in [2.24, 2.45) is 0 Å². The average Bonchev–Trinajstić information content (AvgIpc) is 2.32. The molecule has 0 aliphatic carbocycles. The lowest BCUT2D eigenvalue weighted by molar-refractivity contribution is 0.0272. The van der Waals surface area contributed by atoms with Crippen LogP contribution >= 0.6 is 0 Å². The van der Waals surface area contributed by atoms with Gasteiger partial charge in [0.15, 0.2) is 0 Å². The van der Waals surface area contributed by atoms with E-state index in [0.717, 1.165) is 19.7 Å². The van der Waals surface area contributed by atoms with Crippen molar-refractivity contribution in [2.75, 3.05) is 19.7 Å². The van der Waals surface area contributed by atoms with Crippen molar-refractivity contribution < 1.29 is 4.74 Å². The summed E-state index contributed by atoms with van der Waals surface area (Å²) in [6, 6.07) is 2.29. The van der Waals surface area contributed by atoms with Gasteiger partial charge in [-0.3, -0.25) is 0 Å². The molecule has 0 radical (unpaired) electrons. The van der Waals surface area contributed by atoms with Crippen LogP contribution in [0.5, 0.6) is 0 Å². The van der Waals surface area contributed by atoms with Crippen molar-refractivity contribution in [1.82, 2.24) is 5.32 Å². The van der Waals surface area contributed by atoms with Gasteiger partial charge in [-0.15, -0.1) is 0 Å². The third kappa shape index (κ3) is 2.00. The highest BCUT2D eigenvalue weighted by Gasteiger charge is 2.19. The Hall–Kier alpha value is -0.860. The Morgan fingerprint density at radius 3 is 2.50 bits per heavy atom. The van der Waals surface area contributed by atoms with Gasteiger partial charge in [0.05, 0.1) is 12.7 Å². The smallest absolute Gasteiger partial charge is 0.0952 e. The minimum absolute atomic E-state index is 0.228. The van der Waals surface area contributed by atoms with Crippen LogP contribution < -0.4 is 5.32 Å². The van der Waals surface area contributed by atoms with Crippen molar-refractivity contribution in [3.8, 4) is 0 Å². The monoisotopic (exact) mass is 219 g/mol. The maximum atomic E-state index is 5.83. The molecule has 2 heteroatoms. The Morgan fingerprint density at radius 1 is 1.12 bits per heavy atom. The molecule has 16 heavy (non-hydrogen) atoms. The SMILES string of the molecule is Cc1cc(C2CNCCO2)c(C)c(C)c1C. The molecule has 1 aromatic rings. The first-order valence-electron chi connectivity index (χ1n) is 6.01. The molecule has 1 fully saturated rings. The zero-order chi connectivity index (χ0) is 11.7. The molecule has 0 spiro atoms. The van der Waals surface area contributed by atoms with Gasteiger partial charge in [-0.2, -0.15) is 0 Å². The zero-order valence-electron chi connectivity index (χ0n) is 10.7. The van der Waals surface area contributed by atoms with Crippen LogP contribution in [0, 0.1) is 27.7 Å². The molecule has 0 amide bonds. The highest BCUT2D eigenvalue weighted by Crippen LogP contribution is 2.28. The van der Waals surface area contributed by atoms with E-state index in [2.05, 4.69) is 39.1 Å². The van der Waals surface area contributed by atoms with E-state index in [9.17, 15) is 0 Å². The van der Waals surface area contributed by atoms with Crippen molar-refractivity contribution >= 4 is 0 Å². The normalized spacial score (nSPS) is 21.1. The Labute approximate surface area is 98.0 Å². The van der Waals surface area contributed by atoms with Crippen molar-refractivity contribution in [3.05, 3.63) is 33.9 Å². The van der Waals surface area contributed by atoms with Crippen LogP contribution in [0.25, 0.3) is 0 Å². The molecule has 0 saturated carbocycles.